The number of aryl methyl sites for hydroxylation is 4. The van der Waals surface area contributed by atoms with Gasteiger partial charge in [-0.15, -0.1) is 45.3 Å². The summed E-state index contributed by atoms with van der Waals surface area (Å²) >= 11 is 8.01. The number of unbranched alkanes of at least 4 members (excludes halogenated alkanes) is 12. The lowest BCUT2D eigenvalue weighted by molar-refractivity contribution is 0.667. The molecule has 4 heterocycles. The predicted molar refractivity (Wildman–Crippen MR) is 307 cm³/mol. The van der Waals surface area contributed by atoms with E-state index in [4.69, 9.17) is 0 Å². The van der Waals surface area contributed by atoms with Crippen molar-refractivity contribution in [3.63, 3.8) is 0 Å². The van der Waals surface area contributed by atoms with Gasteiger partial charge in [0.15, 0.2) is 0 Å². The molecule has 0 aliphatic heterocycles. The standard InChI is InChI=1S/C65H72S4/c1-5-9-13-17-25-45-37-61(66-43-45)63-49(27-19-15-11-7-3)41-59(68-63)47-33-35-53-54-36-34-48(40-58(54)65(57(53)39-47)55-31-23-21-29-51(55)52-30-22-24-32-56(52)65)60-42-50(28-20-16-12-8-4)64(69-60)62-38-46(44-67-62)26-18-14-10-6-2/h21-24,29-44H,5-20,25-28H2,1-4H3. The number of hydrogen-bond donors (Lipinski definition) is 0. The van der Waals surface area contributed by atoms with Crippen molar-refractivity contribution in [2.24, 2.45) is 0 Å². The second-order valence-corrected chi connectivity index (χ2v) is 24.1. The first-order valence-corrected chi connectivity index (χ1v) is 30.3. The van der Waals surface area contributed by atoms with Crippen LogP contribution < -0.4 is 0 Å². The minimum atomic E-state index is -0.406. The highest BCUT2D eigenvalue weighted by atomic mass is 32.1. The van der Waals surface area contributed by atoms with Gasteiger partial charge in [-0.05, 0) is 176 Å². The van der Waals surface area contributed by atoms with E-state index in [1.54, 1.807) is 0 Å². The highest BCUT2D eigenvalue weighted by Crippen LogP contribution is 2.64. The van der Waals surface area contributed by atoms with Crippen molar-refractivity contribution in [3.05, 3.63) is 164 Å². The summed E-state index contributed by atoms with van der Waals surface area (Å²) in [6.45, 7) is 9.26. The van der Waals surface area contributed by atoms with E-state index in [-0.39, 0.29) is 0 Å². The molecule has 0 amide bonds. The number of hydrogen-bond acceptors (Lipinski definition) is 4. The maximum absolute atomic E-state index is 2.62. The molecule has 69 heavy (non-hydrogen) atoms. The molecule has 0 saturated carbocycles. The molecule has 8 aromatic rings. The van der Waals surface area contributed by atoms with Crippen LogP contribution in [0.5, 0.6) is 0 Å². The van der Waals surface area contributed by atoms with E-state index in [1.165, 1.54) is 223 Å². The molecule has 0 bridgehead atoms. The molecule has 0 radical (unpaired) electrons. The van der Waals surface area contributed by atoms with Gasteiger partial charge in [0.05, 0.1) is 5.41 Å². The SMILES string of the molecule is CCCCCCc1csc(-c2sc(-c3ccc4c(c3)C3(c5ccccc5-c5ccccc53)c3cc(-c5cc(CCCCCC)c(-c6cc(CCCCCC)cs6)s5)ccc3-4)cc2CCCCCC)c1. The van der Waals surface area contributed by atoms with Crippen molar-refractivity contribution in [3.8, 4) is 62.6 Å². The van der Waals surface area contributed by atoms with Crippen LogP contribution in [0.15, 0.2) is 120 Å². The number of benzene rings is 4. The van der Waals surface area contributed by atoms with Gasteiger partial charge in [-0.25, -0.2) is 0 Å². The average molecular weight is 982 g/mol. The van der Waals surface area contributed by atoms with Gasteiger partial charge in [0.25, 0.3) is 0 Å². The van der Waals surface area contributed by atoms with Gasteiger partial charge < -0.3 is 0 Å². The van der Waals surface area contributed by atoms with Gasteiger partial charge in [0.1, 0.15) is 0 Å². The quantitative estimate of drug-likeness (QED) is 0.0529. The summed E-state index contributed by atoms with van der Waals surface area (Å²) in [6.07, 6.45) is 25.5. The Bertz CT molecular complexity index is 2780. The fourth-order valence-corrected chi connectivity index (χ4v) is 16.2. The van der Waals surface area contributed by atoms with E-state index in [0.29, 0.717) is 0 Å². The third kappa shape index (κ3) is 9.74. The Kier molecular flexibility index (Phi) is 15.7. The number of fused-ring (bicyclic) bond motifs is 10. The predicted octanol–water partition coefficient (Wildman–Crippen LogP) is 21.4. The molecule has 4 heteroatoms. The van der Waals surface area contributed by atoms with Gasteiger partial charge in [0, 0.05) is 29.3 Å². The summed E-state index contributed by atoms with van der Waals surface area (Å²) in [5, 5.41) is 4.89. The Hall–Kier alpha value is -4.32. The Balaban J connectivity index is 1.07. The molecule has 10 rings (SSSR count). The first-order valence-electron chi connectivity index (χ1n) is 27.0. The van der Waals surface area contributed by atoms with Crippen LogP contribution in [0, 0.1) is 0 Å². The van der Waals surface area contributed by atoms with Crippen molar-refractivity contribution in [2.75, 3.05) is 0 Å². The van der Waals surface area contributed by atoms with E-state index in [9.17, 15) is 0 Å². The van der Waals surface area contributed by atoms with Gasteiger partial charge in [0.2, 0.25) is 0 Å². The van der Waals surface area contributed by atoms with Gasteiger partial charge in [-0.3, -0.25) is 0 Å². The Morgan fingerprint density at radius 3 is 1.16 bits per heavy atom. The molecule has 1 spiro atoms. The van der Waals surface area contributed by atoms with Crippen LogP contribution in [0.1, 0.15) is 175 Å². The molecular weight excluding hydrogens is 909 g/mol. The molecule has 4 aromatic carbocycles. The lowest BCUT2D eigenvalue weighted by atomic mass is 9.70. The molecule has 0 atom stereocenters. The first kappa shape index (κ1) is 48.3. The molecule has 4 aromatic heterocycles. The summed E-state index contributed by atoms with van der Waals surface area (Å²) < 4.78 is 0. The van der Waals surface area contributed by atoms with E-state index in [0.717, 1.165) is 12.8 Å². The van der Waals surface area contributed by atoms with E-state index in [2.05, 4.69) is 148 Å². The minimum absolute atomic E-state index is 0.406. The van der Waals surface area contributed by atoms with Crippen molar-refractivity contribution < 1.29 is 0 Å². The van der Waals surface area contributed by atoms with Crippen molar-refractivity contribution in [1.29, 1.82) is 0 Å². The van der Waals surface area contributed by atoms with Crippen molar-refractivity contribution >= 4 is 45.3 Å². The summed E-state index contributed by atoms with van der Waals surface area (Å²) in [4.78, 5) is 8.71. The molecule has 0 fully saturated rings. The highest BCUT2D eigenvalue weighted by molar-refractivity contribution is 7.24. The molecule has 356 valence electrons. The van der Waals surface area contributed by atoms with Gasteiger partial charge >= 0.3 is 0 Å². The normalized spacial score (nSPS) is 13.0. The van der Waals surface area contributed by atoms with Crippen LogP contribution in [-0.4, -0.2) is 0 Å². The van der Waals surface area contributed by atoms with E-state index < -0.39 is 5.41 Å². The van der Waals surface area contributed by atoms with E-state index >= 15 is 0 Å². The molecule has 0 nitrogen and oxygen atoms in total. The Labute approximate surface area is 431 Å². The lowest BCUT2D eigenvalue weighted by Gasteiger charge is -2.31. The molecule has 0 N–H and O–H groups in total. The van der Waals surface area contributed by atoms with Crippen molar-refractivity contribution in [1.82, 2.24) is 0 Å². The molecule has 2 aliphatic rings. The smallest absolute Gasteiger partial charge is 0.0725 e. The number of rotatable bonds is 24. The summed E-state index contributed by atoms with van der Waals surface area (Å²) in [5.41, 5.74) is 19.6. The average Bonchev–Trinajstić information content (AvgIpc) is 4.26. The van der Waals surface area contributed by atoms with Crippen LogP contribution in [-0.2, 0) is 31.1 Å². The van der Waals surface area contributed by atoms with Crippen LogP contribution in [0.3, 0.4) is 0 Å². The third-order valence-electron chi connectivity index (χ3n) is 15.3. The molecule has 0 saturated heterocycles. The molecular formula is C65H72S4. The zero-order valence-corrected chi connectivity index (χ0v) is 45.1. The highest BCUT2D eigenvalue weighted by Gasteiger charge is 2.51. The number of thiophene rings is 4. The Morgan fingerprint density at radius 2 is 0.739 bits per heavy atom. The zero-order valence-electron chi connectivity index (χ0n) is 41.8. The van der Waals surface area contributed by atoms with E-state index in [1.807, 2.05) is 45.3 Å². The fourth-order valence-electron chi connectivity index (χ4n) is 11.6. The molecule has 0 unspecified atom stereocenters. The topological polar surface area (TPSA) is 0 Å². The summed E-state index contributed by atoms with van der Waals surface area (Å²) in [5.74, 6) is 0. The van der Waals surface area contributed by atoms with Crippen LogP contribution >= 0.6 is 45.3 Å². The largest absolute Gasteiger partial charge is 0.143 e. The molecule has 2 aliphatic carbocycles. The van der Waals surface area contributed by atoms with Crippen LogP contribution in [0.25, 0.3) is 62.6 Å². The van der Waals surface area contributed by atoms with Crippen LogP contribution in [0.4, 0.5) is 0 Å². The Morgan fingerprint density at radius 1 is 0.348 bits per heavy atom. The van der Waals surface area contributed by atoms with Gasteiger partial charge in [-0.1, -0.05) is 178 Å². The maximum atomic E-state index is 2.62. The van der Waals surface area contributed by atoms with Crippen LogP contribution in [0.2, 0.25) is 0 Å². The third-order valence-corrected chi connectivity index (χ3v) is 20.0. The minimum Gasteiger partial charge on any atom is -0.143 e. The van der Waals surface area contributed by atoms with Crippen molar-refractivity contribution in [2.45, 2.75) is 162 Å². The zero-order chi connectivity index (χ0) is 47.2. The van der Waals surface area contributed by atoms with Gasteiger partial charge in [-0.2, -0.15) is 0 Å². The summed E-state index contributed by atoms with van der Waals surface area (Å²) in [6, 6.07) is 44.0. The summed E-state index contributed by atoms with van der Waals surface area (Å²) in [7, 11) is 0. The first-order chi connectivity index (χ1) is 34.0. The second kappa shape index (κ2) is 22.4. The maximum Gasteiger partial charge on any atom is 0.0725 e. The monoisotopic (exact) mass is 980 g/mol. The second-order valence-electron chi connectivity index (χ2n) is 20.2. The lowest BCUT2D eigenvalue weighted by Crippen LogP contribution is -2.26. The fraction of sp³-hybridized carbons (Fsp3) is 0.385.